The van der Waals surface area contributed by atoms with E-state index in [1.54, 1.807) is 0 Å². The molecule has 0 radical (unpaired) electrons. The van der Waals surface area contributed by atoms with Gasteiger partial charge in [0.2, 0.25) is 0 Å². The average Bonchev–Trinajstić information content (AvgIpc) is 3.60. The number of hydrogen-bond donors (Lipinski definition) is 0. The van der Waals surface area contributed by atoms with E-state index in [0.717, 1.165) is 66.7 Å². The summed E-state index contributed by atoms with van der Waals surface area (Å²) in [7, 11) is 0. The number of hydrogen-bond acceptors (Lipinski definition) is 2. The van der Waals surface area contributed by atoms with Gasteiger partial charge >= 0.3 is 0 Å². The molecule has 0 unspecified atom stereocenters. The number of thiophene rings is 1. The summed E-state index contributed by atoms with van der Waals surface area (Å²) in [5, 5.41) is 1.62. The van der Waals surface area contributed by atoms with Gasteiger partial charge in [0, 0.05) is 28.7 Å². The fourth-order valence-corrected chi connectivity index (χ4v) is 6.80. The summed E-state index contributed by atoms with van der Waals surface area (Å²) in [5.74, 6) is 0.780. The second-order valence-electron chi connectivity index (χ2n) is 10.5. The van der Waals surface area contributed by atoms with Crippen LogP contribution in [0.4, 0.5) is 0 Å². The number of nitrogens with zero attached hydrogens (tertiary/aromatic N) is 2. The predicted octanol–water partition coefficient (Wildman–Crippen LogP) is 7.86. The highest BCUT2D eigenvalue weighted by Gasteiger charge is 2.30. The molecule has 4 rings (SSSR count). The highest BCUT2D eigenvalue weighted by molar-refractivity contribution is 7.21. The standard InChI is InChI=1S/C30H40ClN2OS/c1-5-33(6-2,21-25-18-22(3)17-23(4)19-25)16-10-9-15-32(20-24-13-14-24)30(34)29-28(31)26-11-7-8-12-27(26)35-29/h7-8,11-12,17-19,24H,5-6,9-10,13-16,20-21H2,1-4H3/q+1. The lowest BCUT2D eigenvalue weighted by atomic mass is 10.1. The van der Waals surface area contributed by atoms with Gasteiger partial charge in [-0.15, -0.1) is 11.3 Å². The molecule has 5 heteroatoms. The molecule has 35 heavy (non-hydrogen) atoms. The first-order valence-electron chi connectivity index (χ1n) is 13.2. The number of benzene rings is 2. The van der Waals surface area contributed by atoms with Crippen LogP contribution in [-0.4, -0.2) is 48.0 Å². The van der Waals surface area contributed by atoms with Gasteiger partial charge in [-0.05, 0) is 65.4 Å². The maximum Gasteiger partial charge on any atom is 0.265 e. The second-order valence-corrected chi connectivity index (χ2v) is 11.9. The smallest absolute Gasteiger partial charge is 0.265 e. The molecule has 1 aliphatic carbocycles. The first kappa shape index (κ1) is 26.2. The van der Waals surface area contributed by atoms with Crippen LogP contribution in [0.1, 0.15) is 65.9 Å². The molecule has 1 saturated carbocycles. The van der Waals surface area contributed by atoms with Gasteiger partial charge in [-0.3, -0.25) is 4.79 Å². The van der Waals surface area contributed by atoms with Gasteiger partial charge in [-0.1, -0.05) is 59.1 Å². The van der Waals surface area contributed by atoms with Crippen LogP contribution in [0.2, 0.25) is 5.02 Å². The highest BCUT2D eigenvalue weighted by atomic mass is 35.5. The Morgan fingerprint density at radius 1 is 1.06 bits per heavy atom. The van der Waals surface area contributed by atoms with E-state index in [4.69, 9.17) is 11.6 Å². The molecule has 0 bridgehead atoms. The zero-order chi connectivity index (χ0) is 25.0. The van der Waals surface area contributed by atoms with Gasteiger partial charge < -0.3 is 9.38 Å². The number of halogens is 1. The van der Waals surface area contributed by atoms with Crippen molar-refractivity contribution in [3.05, 3.63) is 69.1 Å². The Morgan fingerprint density at radius 3 is 2.37 bits per heavy atom. The van der Waals surface area contributed by atoms with Crippen molar-refractivity contribution < 1.29 is 9.28 Å². The number of unbranched alkanes of at least 4 members (excludes halogenated alkanes) is 1. The van der Waals surface area contributed by atoms with Crippen LogP contribution in [0, 0.1) is 19.8 Å². The summed E-state index contributed by atoms with van der Waals surface area (Å²) >= 11 is 8.20. The number of rotatable bonds is 12. The lowest BCUT2D eigenvalue weighted by Gasteiger charge is -2.37. The van der Waals surface area contributed by atoms with Gasteiger partial charge in [0.05, 0.1) is 24.7 Å². The summed E-state index contributed by atoms with van der Waals surface area (Å²) in [6.45, 7) is 15.2. The van der Waals surface area contributed by atoms with Crippen LogP contribution in [0.5, 0.6) is 0 Å². The zero-order valence-corrected chi connectivity index (χ0v) is 23.4. The van der Waals surface area contributed by atoms with E-state index in [1.807, 2.05) is 18.2 Å². The minimum absolute atomic E-state index is 0.116. The van der Waals surface area contributed by atoms with Gasteiger partial charge in [-0.2, -0.15) is 0 Å². The van der Waals surface area contributed by atoms with Crippen LogP contribution in [0.25, 0.3) is 10.1 Å². The maximum absolute atomic E-state index is 13.6. The number of fused-ring (bicyclic) bond motifs is 1. The van der Waals surface area contributed by atoms with Gasteiger partial charge in [0.1, 0.15) is 11.4 Å². The molecule has 1 fully saturated rings. The topological polar surface area (TPSA) is 20.3 Å². The molecule has 0 N–H and O–H groups in total. The maximum atomic E-state index is 13.6. The van der Waals surface area contributed by atoms with E-state index in [1.165, 1.54) is 40.9 Å². The van der Waals surface area contributed by atoms with E-state index < -0.39 is 0 Å². The highest BCUT2D eigenvalue weighted by Crippen LogP contribution is 2.37. The van der Waals surface area contributed by atoms with E-state index in [2.05, 4.69) is 56.9 Å². The molecule has 0 spiro atoms. The van der Waals surface area contributed by atoms with E-state index in [-0.39, 0.29) is 5.91 Å². The monoisotopic (exact) mass is 511 g/mol. The van der Waals surface area contributed by atoms with Crippen LogP contribution < -0.4 is 0 Å². The number of carbonyl (C=O) groups excluding carboxylic acids is 1. The van der Waals surface area contributed by atoms with Crippen molar-refractivity contribution in [1.82, 2.24) is 4.90 Å². The first-order valence-corrected chi connectivity index (χ1v) is 14.4. The third kappa shape index (κ3) is 6.47. The fourth-order valence-electron chi connectivity index (χ4n) is 5.32. The molecular weight excluding hydrogens is 472 g/mol. The quantitative estimate of drug-likeness (QED) is 0.179. The van der Waals surface area contributed by atoms with Gasteiger partial charge in [0.25, 0.3) is 5.91 Å². The van der Waals surface area contributed by atoms with Crippen molar-refractivity contribution >= 4 is 38.9 Å². The molecule has 188 valence electrons. The molecule has 0 atom stereocenters. The number of quaternary nitrogens is 1. The third-order valence-electron chi connectivity index (χ3n) is 7.64. The first-order chi connectivity index (χ1) is 16.8. The minimum atomic E-state index is 0.116. The minimum Gasteiger partial charge on any atom is -0.338 e. The Labute approximate surface area is 220 Å². The van der Waals surface area contributed by atoms with Crippen molar-refractivity contribution in [3.8, 4) is 0 Å². The molecule has 1 aliphatic rings. The zero-order valence-electron chi connectivity index (χ0n) is 21.8. The molecule has 1 heterocycles. The summed E-state index contributed by atoms with van der Waals surface area (Å²) in [4.78, 5) is 16.3. The van der Waals surface area contributed by atoms with Crippen molar-refractivity contribution in [2.75, 3.05) is 32.7 Å². The third-order valence-corrected chi connectivity index (χ3v) is 9.31. The predicted molar refractivity (Wildman–Crippen MR) is 151 cm³/mol. The molecule has 1 aromatic heterocycles. The van der Waals surface area contributed by atoms with Gasteiger partial charge in [-0.25, -0.2) is 0 Å². The summed E-state index contributed by atoms with van der Waals surface area (Å²) in [6, 6.07) is 15.0. The molecule has 3 nitrogen and oxygen atoms in total. The Hall–Kier alpha value is -1.88. The molecular formula is C30H40ClN2OS+. The lowest BCUT2D eigenvalue weighted by molar-refractivity contribution is -0.938. The summed E-state index contributed by atoms with van der Waals surface area (Å²) < 4.78 is 2.19. The number of carbonyl (C=O) groups is 1. The lowest BCUT2D eigenvalue weighted by Crippen LogP contribution is -2.47. The largest absolute Gasteiger partial charge is 0.338 e. The SMILES string of the molecule is CC[N+](CC)(CCCCN(CC1CC1)C(=O)c1sc2ccccc2c1Cl)Cc1cc(C)cc(C)c1. The molecule has 1 amide bonds. The van der Waals surface area contributed by atoms with E-state index in [9.17, 15) is 4.79 Å². The Morgan fingerprint density at radius 2 is 1.74 bits per heavy atom. The Balaban J connectivity index is 1.40. The van der Waals surface area contributed by atoms with E-state index in [0.29, 0.717) is 15.8 Å². The number of amides is 1. The fraction of sp³-hybridized carbons (Fsp3) is 0.500. The molecule has 0 aliphatic heterocycles. The molecule has 3 aromatic rings. The van der Waals surface area contributed by atoms with Gasteiger partial charge in [0.15, 0.2) is 0 Å². The second kappa shape index (κ2) is 11.5. The summed E-state index contributed by atoms with van der Waals surface area (Å²) in [5.41, 5.74) is 4.13. The Bertz CT molecular complexity index is 1140. The van der Waals surface area contributed by atoms with Crippen LogP contribution >= 0.6 is 22.9 Å². The normalized spacial score (nSPS) is 14.0. The van der Waals surface area contributed by atoms with Crippen LogP contribution in [-0.2, 0) is 6.54 Å². The van der Waals surface area contributed by atoms with Crippen molar-refractivity contribution in [2.45, 2.75) is 59.9 Å². The average molecular weight is 512 g/mol. The number of aryl methyl sites for hydroxylation is 2. The van der Waals surface area contributed by atoms with Crippen LogP contribution in [0.15, 0.2) is 42.5 Å². The van der Waals surface area contributed by atoms with E-state index >= 15 is 0 Å². The summed E-state index contributed by atoms with van der Waals surface area (Å²) in [6.07, 6.45) is 4.64. The Kier molecular flexibility index (Phi) is 8.57. The van der Waals surface area contributed by atoms with Crippen molar-refractivity contribution in [3.63, 3.8) is 0 Å². The van der Waals surface area contributed by atoms with Crippen LogP contribution in [0.3, 0.4) is 0 Å². The molecule has 0 saturated heterocycles. The van der Waals surface area contributed by atoms with Crippen molar-refractivity contribution in [1.29, 1.82) is 0 Å². The van der Waals surface area contributed by atoms with Crippen molar-refractivity contribution in [2.24, 2.45) is 5.92 Å². The molecule has 2 aromatic carbocycles.